The predicted octanol–water partition coefficient (Wildman–Crippen LogP) is 0.989. The van der Waals surface area contributed by atoms with Crippen molar-refractivity contribution >= 4 is 5.91 Å². The van der Waals surface area contributed by atoms with Crippen LogP contribution in [0.4, 0.5) is 0 Å². The fraction of sp³-hybridized carbons (Fsp3) is 0.600. The Morgan fingerprint density at radius 1 is 1.18 bits per heavy atom. The Morgan fingerprint density at radius 2 is 1.96 bits per heavy atom. The lowest BCUT2D eigenvalue weighted by Gasteiger charge is -2.41. The number of amides is 1. The number of likely N-dealkylation sites (tertiary alicyclic amines) is 2. The van der Waals surface area contributed by atoms with Crippen LogP contribution in [0.1, 0.15) is 31.2 Å². The first-order chi connectivity index (χ1) is 13.4. The molecule has 8 nitrogen and oxygen atoms in total. The molecule has 0 aromatic carbocycles. The zero-order valence-electron chi connectivity index (χ0n) is 16.8. The van der Waals surface area contributed by atoms with Gasteiger partial charge in [0.15, 0.2) is 5.82 Å². The van der Waals surface area contributed by atoms with Crippen molar-refractivity contribution in [1.82, 2.24) is 29.4 Å². The van der Waals surface area contributed by atoms with Gasteiger partial charge in [-0.15, -0.1) is 5.10 Å². The van der Waals surface area contributed by atoms with E-state index in [9.17, 15) is 9.59 Å². The summed E-state index contributed by atoms with van der Waals surface area (Å²) in [5.74, 6) is 1.26. The van der Waals surface area contributed by atoms with Gasteiger partial charge >= 0.3 is 0 Å². The lowest BCUT2D eigenvalue weighted by Crippen LogP contribution is -2.54. The first-order valence-corrected chi connectivity index (χ1v) is 10.0. The Morgan fingerprint density at radius 3 is 2.64 bits per heavy atom. The topological polar surface area (TPSA) is 76.3 Å². The molecule has 2 fully saturated rings. The number of hydrogen-bond acceptors (Lipinski definition) is 5. The van der Waals surface area contributed by atoms with E-state index in [0.29, 0.717) is 24.3 Å². The molecule has 2 saturated heterocycles. The fourth-order valence-electron chi connectivity index (χ4n) is 4.47. The van der Waals surface area contributed by atoms with Crippen LogP contribution in [0.5, 0.6) is 0 Å². The van der Waals surface area contributed by atoms with Crippen LogP contribution in [-0.2, 0) is 11.3 Å². The van der Waals surface area contributed by atoms with E-state index in [1.807, 2.05) is 24.8 Å². The summed E-state index contributed by atoms with van der Waals surface area (Å²) >= 11 is 0. The number of aryl methyl sites for hydroxylation is 2. The van der Waals surface area contributed by atoms with Crippen LogP contribution in [0.3, 0.4) is 0 Å². The van der Waals surface area contributed by atoms with E-state index >= 15 is 0 Å². The van der Waals surface area contributed by atoms with Gasteiger partial charge in [0.1, 0.15) is 0 Å². The second kappa shape index (κ2) is 7.50. The van der Waals surface area contributed by atoms with Gasteiger partial charge < -0.3 is 9.80 Å². The average molecular weight is 384 g/mol. The Kier molecular flexibility index (Phi) is 5.05. The van der Waals surface area contributed by atoms with Crippen molar-refractivity contribution in [1.29, 1.82) is 0 Å². The molecule has 0 spiro atoms. The first kappa shape index (κ1) is 18.9. The number of carbonyl (C=O) groups excluding carboxylic acids is 1. The lowest BCUT2D eigenvalue weighted by atomic mass is 9.99. The lowest BCUT2D eigenvalue weighted by molar-refractivity contribution is -0.130. The van der Waals surface area contributed by atoms with Crippen molar-refractivity contribution in [2.24, 2.45) is 5.92 Å². The number of rotatable bonds is 5. The molecule has 28 heavy (non-hydrogen) atoms. The molecule has 4 rings (SSSR count). The van der Waals surface area contributed by atoms with E-state index in [1.165, 1.54) is 0 Å². The van der Waals surface area contributed by atoms with Crippen LogP contribution in [-0.4, -0.2) is 67.5 Å². The molecule has 0 N–H and O–H groups in total. The molecule has 8 heteroatoms. The van der Waals surface area contributed by atoms with E-state index in [0.717, 1.165) is 50.4 Å². The molecule has 0 bridgehead atoms. The van der Waals surface area contributed by atoms with Gasteiger partial charge in [0.05, 0.1) is 12.2 Å². The van der Waals surface area contributed by atoms with Gasteiger partial charge in [-0.2, -0.15) is 5.10 Å². The van der Waals surface area contributed by atoms with Gasteiger partial charge in [-0.1, -0.05) is 0 Å². The SMILES string of the molecule is CC(=O)N1CCCC1CN1CC(Cn2nc(-n3nc(C)cc3C)ccc2=O)C1. The van der Waals surface area contributed by atoms with Crippen LogP contribution < -0.4 is 5.56 Å². The largest absolute Gasteiger partial charge is 0.339 e. The van der Waals surface area contributed by atoms with Crippen molar-refractivity contribution in [3.05, 3.63) is 39.9 Å². The number of aromatic nitrogens is 4. The van der Waals surface area contributed by atoms with Crippen LogP contribution in [0.2, 0.25) is 0 Å². The Bertz CT molecular complexity index is 927. The zero-order chi connectivity index (χ0) is 19.8. The van der Waals surface area contributed by atoms with Gasteiger partial charge in [0.2, 0.25) is 5.91 Å². The number of hydrogen-bond donors (Lipinski definition) is 0. The summed E-state index contributed by atoms with van der Waals surface area (Å²) in [5.41, 5.74) is 1.84. The second-order valence-electron chi connectivity index (χ2n) is 8.14. The molecule has 0 saturated carbocycles. The molecular weight excluding hydrogens is 356 g/mol. The first-order valence-electron chi connectivity index (χ1n) is 10.0. The fourth-order valence-corrected chi connectivity index (χ4v) is 4.47. The highest BCUT2D eigenvalue weighted by Gasteiger charge is 2.33. The van der Waals surface area contributed by atoms with Gasteiger partial charge in [0.25, 0.3) is 5.56 Å². The summed E-state index contributed by atoms with van der Waals surface area (Å²) in [4.78, 5) is 28.4. The van der Waals surface area contributed by atoms with E-state index in [-0.39, 0.29) is 11.5 Å². The minimum absolute atomic E-state index is 0.0812. The Labute approximate surface area is 164 Å². The normalized spacial score (nSPS) is 20.5. The summed E-state index contributed by atoms with van der Waals surface area (Å²) in [6, 6.07) is 5.63. The minimum Gasteiger partial charge on any atom is -0.339 e. The average Bonchev–Trinajstić information content (AvgIpc) is 3.20. The van der Waals surface area contributed by atoms with Gasteiger partial charge in [0, 0.05) is 56.8 Å². The van der Waals surface area contributed by atoms with Crippen LogP contribution >= 0.6 is 0 Å². The smallest absolute Gasteiger partial charge is 0.266 e. The van der Waals surface area contributed by atoms with Gasteiger partial charge in [-0.25, -0.2) is 9.36 Å². The highest BCUT2D eigenvalue weighted by atomic mass is 16.2. The molecule has 2 aliphatic heterocycles. The van der Waals surface area contributed by atoms with E-state index in [2.05, 4.69) is 15.1 Å². The van der Waals surface area contributed by atoms with Crippen molar-refractivity contribution in [3.63, 3.8) is 0 Å². The third kappa shape index (κ3) is 3.73. The summed E-state index contributed by atoms with van der Waals surface area (Å²) in [5, 5.41) is 8.99. The molecule has 2 aromatic rings. The van der Waals surface area contributed by atoms with Crippen molar-refractivity contribution in [3.8, 4) is 5.82 Å². The van der Waals surface area contributed by atoms with Gasteiger partial charge in [-0.3, -0.25) is 9.59 Å². The van der Waals surface area contributed by atoms with E-state index in [4.69, 9.17) is 0 Å². The van der Waals surface area contributed by atoms with Crippen LogP contribution in [0.25, 0.3) is 5.82 Å². The molecule has 1 atom stereocenters. The molecule has 0 aliphatic carbocycles. The quantitative estimate of drug-likeness (QED) is 0.768. The predicted molar refractivity (Wildman–Crippen MR) is 105 cm³/mol. The Balaban J connectivity index is 1.37. The van der Waals surface area contributed by atoms with Crippen LogP contribution in [0, 0.1) is 19.8 Å². The molecule has 1 amide bonds. The monoisotopic (exact) mass is 384 g/mol. The second-order valence-corrected chi connectivity index (χ2v) is 8.14. The van der Waals surface area contributed by atoms with E-state index < -0.39 is 0 Å². The molecule has 0 radical (unpaired) electrons. The number of carbonyl (C=O) groups is 1. The molecule has 1 unspecified atom stereocenters. The van der Waals surface area contributed by atoms with Crippen molar-refractivity contribution in [2.45, 2.75) is 46.2 Å². The van der Waals surface area contributed by atoms with E-state index in [1.54, 1.807) is 28.4 Å². The third-order valence-electron chi connectivity index (χ3n) is 5.79. The minimum atomic E-state index is -0.0812. The molecule has 150 valence electrons. The summed E-state index contributed by atoms with van der Waals surface area (Å²) in [6.45, 7) is 9.91. The standard InChI is InChI=1S/C20H28N6O2/c1-14-9-15(2)26(21-14)19-6-7-20(28)25(22-19)12-17-10-23(11-17)13-18-5-4-8-24(18)16(3)27/h6-7,9,17-18H,4-5,8,10-13H2,1-3H3. The maximum atomic E-state index is 12.3. The third-order valence-corrected chi connectivity index (χ3v) is 5.79. The maximum absolute atomic E-state index is 12.3. The summed E-state index contributed by atoms with van der Waals surface area (Å²) in [6.07, 6.45) is 2.19. The summed E-state index contributed by atoms with van der Waals surface area (Å²) < 4.78 is 3.33. The maximum Gasteiger partial charge on any atom is 0.266 e. The highest BCUT2D eigenvalue weighted by molar-refractivity contribution is 5.73. The van der Waals surface area contributed by atoms with Crippen LogP contribution in [0.15, 0.2) is 23.0 Å². The van der Waals surface area contributed by atoms with Crippen molar-refractivity contribution in [2.75, 3.05) is 26.2 Å². The Hall–Kier alpha value is -2.48. The summed E-state index contributed by atoms with van der Waals surface area (Å²) in [7, 11) is 0. The molecular formula is C20H28N6O2. The highest BCUT2D eigenvalue weighted by Crippen LogP contribution is 2.23. The van der Waals surface area contributed by atoms with Gasteiger partial charge in [-0.05, 0) is 38.8 Å². The molecule has 2 aliphatic rings. The number of nitrogens with zero attached hydrogens (tertiary/aromatic N) is 6. The van der Waals surface area contributed by atoms with Crippen molar-refractivity contribution < 1.29 is 4.79 Å². The zero-order valence-corrected chi connectivity index (χ0v) is 16.8. The molecule has 4 heterocycles. The molecule has 2 aromatic heterocycles.